The molecular formula is C15H22Cl2N2O. The molecule has 1 aromatic carbocycles. The summed E-state index contributed by atoms with van der Waals surface area (Å²) in [4.78, 5) is 12.0. The van der Waals surface area contributed by atoms with Gasteiger partial charge in [-0.1, -0.05) is 43.0 Å². The van der Waals surface area contributed by atoms with Crippen LogP contribution in [0.4, 0.5) is 5.69 Å². The van der Waals surface area contributed by atoms with Crippen molar-refractivity contribution in [3.05, 3.63) is 28.2 Å². The summed E-state index contributed by atoms with van der Waals surface area (Å²) < 4.78 is 0. The molecule has 5 heteroatoms. The van der Waals surface area contributed by atoms with Gasteiger partial charge in [-0.25, -0.2) is 0 Å². The summed E-state index contributed by atoms with van der Waals surface area (Å²) in [6.07, 6.45) is 3.26. The van der Waals surface area contributed by atoms with Crippen molar-refractivity contribution in [3.8, 4) is 0 Å². The first kappa shape index (κ1) is 17.1. The predicted molar refractivity (Wildman–Crippen MR) is 86.7 cm³/mol. The van der Waals surface area contributed by atoms with Gasteiger partial charge in [0.15, 0.2) is 0 Å². The average molecular weight is 317 g/mol. The number of unbranched alkanes of at least 4 members (excludes halogenated alkanes) is 1. The highest BCUT2D eigenvalue weighted by molar-refractivity contribution is 6.42. The number of nitrogens with one attached hydrogen (secondary N) is 2. The van der Waals surface area contributed by atoms with Crippen LogP contribution in [0.25, 0.3) is 0 Å². The molecule has 0 saturated carbocycles. The van der Waals surface area contributed by atoms with Gasteiger partial charge in [-0.05, 0) is 38.5 Å². The van der Waals surface area contributed by atoms with E-state index < -0.39 is 0 Å². The van der Waals surface area contributed by atoms with Crippen LogP contribution in [0.2, 0.25) is 10.0 Å². The fourth-order valence-electron chi connectivity index (χ4n) is 1.85. The van der Waals surface area contributed by atoms with Gasteiger partial charge in [0, 0.05) is 11.7 Å². The third kappa shape index (κ3) is 5.59. The van der Waals surface area contributed by atoms with Crippen molar-refractivity contribution in [1.82, 2.24) is 5.32 Å². The molecule has 0 spiro atoms. The molecule has 1 aromatic rings. The number of rotatable bonds is 7. The molecule has 112 valence electrons. The first-order chi connectivity index (χ1) is 9.43. The number of anilines is 1. The highest BCUT2D eigenvalue weighted by atomic mass is 35.5. The minimum Gasteiger partial charge on any atom is -0.374 e. The van der Waals surface area contributed by atoms with Gasteiger partial charge in [-0.2, -0.15) is 0 Å². The third-order valence-corrected chi connectivity index (χ3v) is 3.81. The molecule has 0 bridgehead atoms. The molecule has 3 nitrogen and oxygen atoms in total. The molecule has 1 amide bonds. The lowest BCUT2D eigenvalue weighted by atomic mass is 10.1. The van der Waals surface area contributed by atoms with Crippen LogP contribution in [0, 0.1) is 0 Å². The molecule has 0 aliphatic heterocycles. The molecule has 1 unspecified atom stereocenters. The van der Waals surface area contributed by atoms with Crippen LogP contribution in [-0.4, -0.2) is 18.0 Å². The number of hydrogen-bond donors (Lipinski definition) is 2. The van der Waals surface area contributed by atoms with Crippen LogP contribution < -0.4 is 10.6 Å². The molecule has 2 atom stereocenters. The number of carbonyl (C=O) groups excluding carboxylic acids is 1. The molecule has 2 N–H and O–H groups in total. The molecule has 0 saturated heterocycles. The van der Waals surface area contributed by atoms with E-state index in [1.165, 1.54) is 0 Å². The average Bonchev–Trinajstić information content (AvgIpc) is 2.40. The number of hydrogen-bond acceptors (Lipinski definition) is 2. The Morgan fingerprint density at radius 3 is 2.55 bits per heavy atom. The fraction of sp³-hybridized carbons (Fsp3) is 0.533. The van der Waals surface area contributed by atoms with E-state index in [1.807, 2.05) is 13.8 Å². The Labute approximate surface area is 131 Å². The van der Waals surface area contributed by atoms with Gasteiger partial charge in [0.05, 0.1) is 10.0 Å². The highest BCUT2D eigenvalue weighted by Gasteiger charge is 2.15. The van der Waals surface area contributed by atoms with Gasteiger partial charge in [0.25, 0.3) is 0 Å². The highest BCUT2D eigenvalue weighted by Crippen LogP contribution is 2.25. The number of halogens is 2. The number of amides is 1. The smallest absolute Gasteiger partial charge is 0.242 e. The summed E-state index contributed by atoms with van der Waals surface area (Å²) in [6.45, 7) is 5.99. The van der Waals surface area contributed by atoms with E-state index in [2.05, 4.69) is 17.6 Å². The SMILES string of the molecule is CCCCC(C)NC(=O)[C@H](C)Nc1ccc(Cl)c(Cl)c1. The van der Waals surface area contributed by atoms with Crippen molar-refractivity contribution in [1.29, 1.82) is 0 Å². The molecule has 0 fully saturated rings. The zero-order chi connectivity index (χ0) is 15.1. The van der Waals surface area contributed by atoms with Crippen molar-refractivity contribution < 1.29 is 4.79 Å². The summed E-state index contributed by atoms with van der Waals surface area (Å²) in [5.41, 5.74) is 0.781. The second kappa shape index (κ2) is 8.38. The summed E-state index contributed by atoms with van der Waals surface area (Å²) in [6, 6.07) is 5.10. The maximum atomic E-state index is 12.0. The van der Waals surface area contributed by atoms with Crippen LogP contribution in [0.3, 0.4) is 0 Å². The van der Waals surface area contributed by atoms with Gasteiger partial charge >= 0.3 is 0 Å². The van der Waals surface area contributed by atoms with Crippen molar-refractivity contribution in [2.45, 2.75) is 52.1 Å². The number of benzene rings is 1. The molecule has 0 radical (unpaired) electrons. The van der Waals surface area contributed by atoms with Crippen molar-refractivity contribution in [2.24, 2.45) is 0 Å². The maximum Gasteiger partial charge on any atom is 0.242 e. The second-order valence-electron chi connectivity index (χ2n) is 5.05. The predicted octanol–water partition coefficient (Wildman–Crippen LogP) is 4.49. The Morgan fingerprint density at radius 1 is 1.25 bits per heavy atom. The summed E-state index contributed by atoms with van der Waals surface area (Å²) >= 11 is 11.8. The Kier molecular flexibility index (Phi) is 7.17. The largest absolute Gasteiger partial charge is 0.374 e. The van der Waals surface area contributed by atoms with Crippen molar-refractivity contribution >= 4 is 34.8 Å². The zero-order valence-corrected chi connectivity index (χ0v) is 13.7. The van der Waals surface area contributed by atoms with E-state index in [4.69, 9.17) is 23.2 Å². The normalized spacial score (nSPS) is 13.7. The lowest BCUT2D eigenvalue weighted by Gasteiger charge is -2.19. The fourth-order valence-corrected chi connectivity index (χ4v) is 2.15. The lowest BCUT2D eigenvalue weighted by molar-refractivity contribution is -0.122. The summed E-state index contributed by atoms with van der Waals surface area (Å²) in [5.74, 6) is -0.0142. The molecule has 0 aliphatic carbocycles. The van der Waals surface area contributed by atoms with E-state index in [0.29, 0.717) is 10.0 Å². The van der Waals surface area contributed by atoms with Crippen molar-refractivity contribution in [2.75, 3.05) is 5.32 Å². The van der Waals surface area contributed by atoms with Crippen LogP contribution in [-0.2, 0) is 4.79 Å². The maximum absolute atomic E-state index is 12.0. The second-order valence-corrected chi connectivity index (χ2v) is 5.86. The first-order valence-corrected chi connectivity index (χ1v) is 7.71. The van der Waals surface area contributed by atoms with Crippen LogP contribution >= 0.6 is 23.2 Å². The quantitative estimate of drug-likeness (QED) is 0.778. The topological polar surface area (TPSA) is 41.1 Å². The number of carbonyl (C=O) groups is 1. The molecule has 1 rings (SSSR count). The van der Waals surface area contributed by atoms with E-state index in [-0.39, 0.29) is 18.0 Å². The van der Waals surface area contributed by atoms with Gasteiger partial charge in [-0.3, -0.25) is 4.79 Å². The zero-order valence-electron chi connectivity index (χ0n) is 12.2. The molecule has 0 aliphatic rings. The standard InChI is InChI=1S/C15H22Cl2N2O/c1-4-5-6-10(2)18-15(20)11(3)19-12-7-8-13(16)14(17)9-12/h7-11,19H,4-6H2,1-3H3,(H,18,20)/t10?,11-/m0/s1. The van der Waals surface area contributed by atoms with Crippen molar-refractivity contribution in [3.63, 3.8) is 0 Å². The lowest BCUT2D eigenvalue weighted by Crippen LogP contribution is -2.42. The van der Waals surface area contributed by atoms with Gasteiger partial charge in [-0.15, -0.1) is 0 Å². The minimum absolute atomic E-state index is 0.0142. The van der Waals surface area contributed by atoms with E-state index in [0.717, 1.165) is 24.9 Å². The molecular weight excluding hydrogens is 295 g/mol. The first-order valence-electron chi connectivity index (χ1n) is 6.96. The molecule has 0 heterocycles. The molecule has 20 heavy (non-hydrogen) atoms. The van der Waals surface area contributed by atoms with E-state index in [9.17, 15) is 4.79 Å². The Bertz CT molecular complexity index is 451. The minimum atomic E-state index is -0.323. The monoisotopic (exact) mass is 316 g/mol. The van der Waals surface area contributed by atoms with Crippen LogP contribution in [0.1, 0.15) is 40.0 Å². The van der Waals surface area contributed by atoms with Gasteiger partial charge < -0.3 is 10.6 Å². The van der Waals surface area contributed by atoms with Gasteiger partial charge in [0.2, 0.25) is 5.91 Å². The Morgan fingerprint density at radius 2 is 1.95 bits per heavy atom. The summed E-state index contributed by atoms with van der Waals surface area (Å²) in [5, 5.41) is 7.09. The summed E-state index contributed by atoms with van der Waals surface area (Å²) in [7, 11) is 0. The van der Waals surface area contributed by atoms with E-state index in [1.54, 1.807) is 18.2 Å². The van der Waals surface area contributed by atoms with E-state index >= 15 is 0 Å². The Balaban J connectivity index is 2.50. The third-order valence-electron chi connectivity index (χ3n) is 3.08. The Hall–Kier alpha value is -0.930. The molecule has 0 aromatic heterocycles. The van der Waals surface area contributed by atoms with Crippen LogP contribution in [0.5, 0.6) is 0 Å². The van der Waals surface area contributed by atoms with Gasteiger partial charge in [0.1, 0.15) is 6.04 Å². The van der Waals surface area contributed by atoms with Crippen LogP contribution in [0.15, 0.2) is 18.2 Å².